The molecule has 3 atom stereocenters. The van der Waals surface area contributed by atoms with E-state index in [4.69, 9.17) is 16.6 Å². The van der Waals surface area contributed by atoms with Gasteiger partial charge in [-0.15, -0.1) is 0 Å². The molecular weight excluding hydrogens is 441 g/mol. The lowest BCUT2D eigenvalue weighted by Gasteiger charge is -2.39. The van der Waals surface area contributed by atoms with Crippen LogP contribution in [0.25, 0.3) is 0 Å². The van der Waals surface area contributed by atoms with Gasteiger partial charge in [0, 0.05) is 48.7 Å². The average Bonchev–Trinajstić information content (AvgIpc) is 3.31. The Labute approximate surface area is 197 Å². The molecule has 0 spiro atoms. The Hall–Kier alpha value is -3.00. The van der Waals surface area contributed by atoms with Gasteiger partial charge in [0.15, 0.2) is 0 Å². The molecule has 9 heteroatoms. The van der Waals surface area contributed by atoms with Crippen LogP contribution < -0.4 is 15.1 Å². The fourth-order valence-electron chi connectivity index (χ4n) is 5.56. The molecule has 2 aliphatic heterocycles. The number of anilines is 4. The summed E-state index contributed by atoms with van der Waals surface area (Å²) in [5.41, 5.74) is 2.84. The van der Waals surface area contributed by atoms with E-state index in [9.17, 15) is 4.39 Å². The van der Waals surface area contributed by atoms with E-state index in [1.807, 2.05) is 6.92 Å². The maximum absolute atomic E-state index is 13.4. The average molecular weight is 466 g/mol. The van der Waals surface area contributed by atoms with Crippen molar-refractivity contribution in [2.75, 3.05) is 34.8 Å². The van der Waals surface area contributed by atoms with Crippen LogP contribution in [0.2, 0.25) is 5.15 Å². The summed E-state index contributed by atoms with van der Waals surface area (Å²) in [6.45, 7) is 4.65. The number of hydrogen-bond donors (Lipinski definition) is 1. The van der Waals surface area contributed by atoms with Crippen LogP contribution in [-0.4, -0.2) is 45.6 Å². The SMILES string of the molecule is Cc1cc(N2C[C@H]3CC[C@@H](C2)C3Nc2nc(Cl)c3c(n2)N(c2ccc(F)cc2)CC3)ncn1. The van der Waals surface area contributed by atoms with Crippen LogP contribution in [0.15, 0.2) is 36.7 Å². The van der Waals surface area contributed by atoms with Gasteiger partial charge in [-0.1, -0.05) is 11.6 Å². The fraction of sp³-hybridized carbons (Fsp3) is 0.417. The van der Waals surface area contributed by atoms with Gasteiger partial charge in [-0.3, -0.25) is 0 Å². The Kier molecular flexibility index (Phi) is 5.05. The summed E-state index contributed by atoms with van der Waals surface area (Å²) < 4.78 is 13.4. The quantitative estimate of drug-likeness (QED) is 0.573. The molecule has 1 saturated carbocycles. The Balaban J connectivity index is 1.23. The third-order valence-electron chi connectivity index (χ3n) is 7.16. The molecule has 3 aliphatic rings. The second kappa shape index (κ2) is 8.09. The van der Waals surface area contributed by atoms with Gasteiger partial charge < -0.3 is 15.1 Å². The van der Waals surface area contributed by atoms with Crippen LogP contribution >= 0.6 is 11.6 Å². The summed E-state index contributed by atoms with van der Waals surface area (Å²) in [4.78, 5) is 22.6. The van der Waals surface area contributed by atoms with Crippen LogP contribution in [0, 0.1) is 24.6 Å². The van der Waals surface area contributed by atoms with E-state index >= 15 is 0 Å². The van der Waals surface area contributed by atoms with Gasteiger partial charge >= 0.3 is 0 Å². The van der Waals surface area contributed by atoms with Crippen molar-refractivity contribution in [1.82, 2.24) is 19.9 Å². The second-order valence-corrected chi connectivity index (χ2v) is 9.57. The summed E-state index contributed by atoms with van der Waals surface area (Å²) in [6.07, 6.45) is 4.75. The van der Waals surface area contributed by atoms with E-state index < -0.39 is 0 Å². The number of aryl methyl sites for hydroxylation is 1. The molecule has 1 saturated heterocycles. The summed E-state index contributed by atoms with van der Waals surface area (Å²) in [6, 6.07) is 8.86. The topological polar surface area (TPSA) is 70.1 Å². The van der Waals surface area contributed by atoms with Crippen molar-refractivity contribution in [3.8, 4) is 0 Å². The van der Waals surface area contributed by atoms with Crippen molar-refractivity contribution in [2.24, 2.45) is 11.8 Å². The van der Waals surface area contributed by atoms with Crippen LogP contribution in [0.3, 0.4) is 0 Å². The molecule has 1 unspecified atom stereocenters. The molecule has 3 aromatic rings. The minimum absolute atomic E-state index is 0.250. The summed E-state index contributed by atoms with van der Waals surface area (Å²) in [5, 5.41) is 4.12. The number of hydrogen-bond acceptors (Lipinski definition) is 7. The zero-order valence-corrected chi connectivity index (χ0v) is 19.1. The van der Waals surface area contributed by atoms with Gasteiger partial charge in [0.25, 0.3) is 0 Å². The fourth-order valence-corrected chi connectivity index (χ4v) is 5.82. The van der Waals surface area contributed by atoms with E-state index in [1.54, 1.807) is 18.5 Å². The van der Waals surface area contributed by atoms with E-state index in [0.717, 1.165) is 54.6 Å². The maximum atomic E-state index is 13.4. The van der Waals surface area contributed by atoms with Gasteiger partial charge in [-0.05, 0) is 62.3 Å². The zero-order chi connectivity index (χ0) is 22.5. The number of fused-ring (bicyclic) bond motifs is 3. The lowest BCUT2D eigenvalue weighted by Crippen LogP contribution is -2.48. The number of rotatable bonds is 4. The van der Waals surface area contributed by atoms with Crippen LogP contribution in [0.1, 0.15) is 24.1 Å². The summed E-state index contributed by atoms with van der Waals surface area (Å²) in [5.74, 6) is 3.11. The van der Waals surface area contributed by atoms with Crippen LogP contribution in [-0.2, 0) is 6.42 Å². The number of nitrogens with one attached hydrogen (secondary N) is 1. The first-order chi connectivity index (χ1) is 16.0. The molecule has 7 nitrogen and oxygen atoms in total. The third kappa shape index (κ3) is 3.76. The van der Waals surface area contributed by atoms with Crippen molar-refractivity contribution in [3.63, 3.8) is 0 Å². The Morgan fingerprint density at radius 1 is 1.06 bits per heavy atom. The van der Waals surface area contributed by atoms with Crippen molar-refractivity contribution in [1.29, 1.82) is 0 Å². The molecule has 0 amide bonds. The van der Waals surface area contributed by atoms with Crippen LogP contribution in [0.4, 0.5) is 27.7 Å². The number of benzene rings is 1. The van der Waals surface area contributed by atoms with Gasteiger partial charge in [0.05, 0.1) is 0 Å². The normalized spacial score (nSPS) is 23.7. The molecule has 0 radical (unpaired) electrons. The van der Waals surface area contributed by atoms with Crippen molar-refractivity contribution in [3.05, 3.63) is 58.9 Å². The first-order valence-electron chi connectivity index (χ1n) is 11.4. The molecule has 1 N–H and O–H groups in total. The molecule has 6 rings (SSSR count). The number of aromatic nitrogens is 4. The zero-order valence-electron chi connectivity index (χ0n) is 18.4. The largest absolute Gasteiger partial charge is 0.356 e. The number of piperidine rings is 1. The van der Waals surface area contributed by atoms with Gasteiger partial charge in [0.2, 0.25) is 5.95 Å². The highest BCUT2D eigenvalue weighted by Crippen LogP contribution is 2.41. The van der Waals surface area contributed by atoms with E-state index in [2.05, 4.69) is 36.1 Å². The minimum Gasteiger partial charge on any atom is -0.356 e. The first kappa shape index (κ1) is 20.6. The Morgan fingerprint density at radius 2 is 1.82 bits per heavy atom. The lowest BCUT2D eigenvalue weighted by atomic mass is 9.92. The Bertz CT molecular complexity index is 1170. The molecule has 2 aromatic heterocycles. The number of halogens is 2. The summed E-state index contributed by atoms with van der Waals surface area (Å²) >= 11 is 6.58. The molecule has 33 heavy (non-hydrogen) atoms. The van der Waals surface area contributed by atoms with Crippen molar-refractivity contribution >= 4 is 34.9 Å². The highest BCUT2D eigenvalue weighted by molar-refractivity contribution is 6.30. The third-order valence-corrected chi connectivity index (χ3v) is 7.47. The van der Waals surface area contributed by atoms with Gasteiger partial charge in [-0.25, -0.2) is 19.3 Å². The lowest BCUT2D eigenvalue weighted by molar-refractivity contribution is 0.374. The maximum Gasteiger partial charge on any atom is 0.226 e. The molecular formula is C24H25ClFN7. The Morgan fingerprint density at radius 3 is 2.55 bits per heavy atom. The van der Waals surface area contributed by atoms with Crippen molar-refractivity contribution in [2.45, 2.75) is 32.2 Å². The molecule has 170 valence electrons. The van der Waals surface area contributed by atoms with Crippen molar-refractivity contribution < 1.29 is 4.39 Å². The highest BCUT2D eigenvalue weighted by atomic mass is 35.5. The highest BCUT2D eigenvalue weighted by Gasteiger charge is 2.43. The second-order valence-electron chi connectivity index (χ2n) is 9.21. The van der Waals surface area contributed by atoms with Crippen LogP contribution in [0.5, 0.6) is 0 Å². The predicted molar refractivity (Wildman–Crippen MR) is 127 cm³/mol. The molecule has 1 aromatic carbocycles. The van der Waals surface area contributed by atoms with Gasteiger partial charge in [0.1, 0.15) is 28.9 Å². The van der Waals surface area contributed by atoms with E-state index in [-0.39, 0.29) is 5.82 Å². The smallest absolute Gasteiger partial charge is 0.226 e. The van der Waals surface area contributed by atoms with E-state index in [0.29, 0.717) is 29.0 Å². The minimum atomic E-state index is -0.250. The monoisotopic (exact) mass is 465 g/mol. The molecule has 2 fully saturated rings. The van der Waals surface area contributed by atoms with E-state index in [1.165, 1.54) is 25.0 Å². The molecule has 4 heterocycles. The van der Waals surface area contributed by atoms with Gasteiger partial charge in [-0.2, -0.15) is 4.98 Å². The molecule has 2 bridgehead atoms. The number of nitrogens with zero attached hydrogens (tertiary/aromatic N) is 6. The first-order valence-corrected chi connectivity index (χ1v) is 11.8. The predicted octanol–water partition coefficient (Wildman–Crippen LogP) is 4.39. The summed E-state index contributed by atoms with van der Waals surface area (Å²) in [7, 11) is 0. The molecule has 1 aliphatic carbocycles. The standard InChI is InChI=1S/C24H25ClFN7/c1-14-10-20(28-13-27-14)32-11-15-2-3-16(12-32)21(15)29-24-30-22(25)19-8-9-33(23(19)31-24)18-6-4-17(26)5-7-18/h4-7,10,13,15-16,21H,2-3,8-9,11-12H2,1H3,(H,29,30,31)/t15-,16+,21?.